The second-order valence-electron chi connectivity index (χ2n) is 8.76. The lowest BCUT2D eigenvalue weighted by Gasteiger charge is -2.36. The van der Waals surface area contributed by atoms with E-state index in [2.05, 4.69) is 23.6 Å². The fourth-order valence-electron chi connectivity index (χ4n) is 4.75. The normalized spacial score (nSPS) is 15.5. The zero-order valence-electron chi connectivity index (χ0n) is 19.1. The van der Waals surface area contributed by atoms with Crippen molar-refractivity contribution in [2.75, 3.05) is 32.7 Å². The molecule has 168 valence electrons. The zero-order valence-corrected chi connectivity index (χ0v) is 19.1. The van der Waals surface area contributed by atoms with E-state index >= 15 is 0 Å². The molecule has 0 aliphatic carbocycles. The Bertz CT molecular complexity index is 1060. The highest BCUT2D eigenvalue weighted by Gasteiger charge is 2.25. The molecular formula is C27H33N3O2. The fourth-order valence-corrected chi connectivity index (χ4v) is 4.75. The smallest absolute Gasteiger partial charge is 0.336 e. The molecule has 1 fully saturated rings. The summed E-state index contributed by atoms with van der Waals surface area (Å²) in [6, 6.07) is 17.5. The third kappa shape index (κ3) is 4.84. The number of carboxylic acids is 1. The Labute approximate surface area is 190 Å². The summed E-state index contributed by atoms with van der Waals surface area (Å²) >= 11 is 0. The summed E-state index contributed by atoms with van der Waals surface area (Å²) < 4.78 is 0. The van der Waals surface area contributed by atoms with Gasteiger partial charge in [-0.2, -0.15) is 0 Å². The summed E-state index contributed by atoms with van der Waals surface area (Å²) in [5.74, 6) is -0.127. The number of piperazine rings is 1. The number of pyridine rings is 1. The van der Waals surface area contributed by atoms with Crippen LogP contribution in [-0.2, 0) is 6.54 Å². The summed E-state index contributed by atoms with van der Waals surface area (Å²) in [5, 5.41) is 10.9. The number of aromatic carboxylic acids is 1. The SMILES string of the molecule is CCC(CC)CN1CCN(Cc2c(-c3ccccc3)nc3ccccc3c2C(=O)O)CC1. The van der Waals surface area contributed by atoms with Crippen LogP contribution in [0, 0.1) is 5.92 Å². The summed E-state index contributed by atoms with van der Waals surface area (Å²) in [6.45, 7) is 10.3. The van der Waals surface area contributed by atoms with Gasteiger partial charge >= 0.3 is 5.97 Å². The first-order valence-electron chi connectivity index (χ1n) is 11.8. The van der Waals surface area contributed by atoms with Crippen LogP contribution < -0.4 is 0 Å². The number of carboxylic acid groups (broad SMARTS) is 1. The number of carbonyl (C=O) groups is 1. The molecule has 2 aromatic carbocycles. The molecule has 0 radical (unpaired) electrons. The van der Waals surface area contributed by atoms with Gasteiger partial charge in [-0.3, -0.25) is 4.90 Å². The molecule has 1 aliphatic heterocycles. The largest absolute Gasteiger partial charge is 0.478 e. The highest BCUT2D eigenvalue weighted by molar-refractivity contribution is 6.05. The molecule has 4 rings (SSSR count). The van der Waals surface area contributed by atoms with E-state index < -0.39 is 5.97 Å². The third-order valence-electron chi connectivity index (χ3n) is 6.77. The minimum Gasteiger partial charge on any atom is -0.478 e. The molecule has 3 aromatic rings. The monoisotopic (exact) mass is 431 g/mol. The molecule has 0 saturated carbocycles. The van der Waals surface area contributed by atoms with Gasteiger partial charge in [-0.25, -0.2) is 9.78 Å². The second-order valence-corrected chi connectivity index (χ2v) is 8.76. The molecule has 0 atom stereocenters. The number of hydrogen-bond acceptors (Lipinski definition) is 4. The van der Waals surface area contributed by atoms with Gasteiger partial charge < -0.3 is 10.0 Å². The van der Waals surface area contributed by atoms with Crippen molar-refractivity contribution in [1.29, 1.82) is 0 Å². The average molecular weight is 432 g/mol. The van der Waals surface area contributed by atoms with Crippen molar-refractivity contribution in [2.24, 2.45) is 5.92 Å². The lowest BCUT2D eigenvalue weighted by molar-refractivity contribution is 0.0694. The maximum Gasteiger partial charge on any atom is 0.336 e. The molecule has 0 amide bonds. The van der Waals surface area contributed by atoms with Crippen LogP contribution in [0.2, 0.25) is 0 Å². The fraction of sp³-hybridized carbons (Fsp3) is 0.407. The summed E-state index contributed by atoms with van der Waals surface area (Å²) in [7, 11) is 0. The van der Waals surface area contributed by atoms with E-state index in [4.69, 9.17) is 4.98 Å². The van der Waals surface area contributed by atoms with Gasteiger partial charge in [0.05, 0.1) is 16.8 Å². The maximum atomic E-state index is 12.4. The van der Waals surface area contributed by atoms with Gasteiger partial charge in [0, 0.05) is 55.8 Å². The van der Waals surface area contributed by atoms with Crippen molar-refractivity contribution in [1.82, 2.24) is 14.8 Å². The molecule has 0 unspecified atom stereocenters. The molecule has 0 bridgehead atoms. The molecule has 1 aliphatic rings. The van der Waals surface area contributed by atoms with E-state index in [0.717, 1.165) is 61.0 Å². The van der Waals surface area contributed by atoms with Crippen molar-refractivity contribution in [2.45, 2.75) is 33.2 Å². The first-order valence-corrected chi connectivity index (χ1v) is 11.8. The molecule has 5 heteroatoms. The number of nitrogens with zero attached hydrogens (tertiary/aromatic N) is 3. The molecule has 2 heterocycles. The lowest BCUT2D eigenvalue weighted by Crippen LogP contribution is -2.47. The van der Waals surface area contributed by atoms with Crippen molar-refractivity contribution in [3.8, 4) is 11.3 Å². The van der Waals surface area contributed by atoms with Crippen LogP contribution in [0.5, 0.6) is 0 Å². The number of para-hydroxylation sites is 1. The third-order valence-corrected chi connectivity index (χ3v) is 6.77. The molecule has 1 saturated heterocycles. The van der Waals surface area contributed by atoms with Crippen LogP contribution in [-0.4, -0.2) is 58.6 Å². The standard InChI is InChI=1S/C27H33N3O2/c1-3-20(4-2)18-29-14-16-30(17-15-29)19-23-25(27(31)32)22-12-8-9-13-24(22)28-26(23)21-10-6-5-7-11-21/h5-13,20H,3-4,14-19H2,1-2H3,(H,31,32). The van der Waals surface area contributed by atoms with Gasteiger partial charge in [0.15, 0.2) is 0 Å². The Morgan fingerprint density at radius 1 is 0.938 bits per heavy atom. The van der Waals surface area contributed by atoms with Crippen LogP contribution in [0.4, 0.5) is 0 Å². The average Bonchev–Trinajstić information content (AvgIpc) is 2.83. The van der Waals surface area contributed by atoms with Gasteiger partial charge in [-0.1, -0.05) is 75.2 Å². The Kier molecular flexibility index (Phi) is 7.18. The number of benzene rings is 2. The van der Waals surface area contributed by atoms with E-state index in [1.54, 1.807) is 0 Å². The van der Waals surface area contributed by atoms with Crippen molar-refractivity contribution < 1.29 is 9.90 Å². The first-order chi connectivity index (χ1) is 15.6. The number of fused-ring (bicyclic) bond motifs is 1. The van der Waals surface area contributed by atoms with E-state index in [0.29, 0.717) is 17.5 Å². The van der Waals surface area contributed by atoms with Crippen LogP contribution in [0.15, 0.2) is 54.6 Å². The van der Waals surface area contributed by atoms with E-state index in [-0.39, 0.29) is 0 Å². The highest BCUT2D eigenvalue weighted by Crippen LogP contribution is 2.31. The van der Waals surface area contributed by atoms with Crippen LogP contribution >= 0.6 is 0 Å². The van der Waals surface area contributed by atoms with Crippen LogP contribution in [0.3, 0.4) is 0 Å². The van der Waals surface area contributed by atoms with Gasteiger partial charge in [-0.05, 0) is 12.0 Å². The van der Waals surface area contributed by atoms with Gasteiger partial charge in [-0.15, -0.1) is 0 Å². The molecular weight excluding hydrogens is 398 g/mol. The van der Waals surface area contributed by atoms with Gasteiger partial charge in [0.1, 0.15) is 0 Å². The van der Waals surface area contributed by atoms with Gasteiger partial charge in [0.2, 0.25) is 0 Å². The van der Waals surface area contributed by atoms with Crippen molar-refractivity contribution >= 4 is 16.9 Å². The summed E-state index contributed by atoms with van der Waals surface area (Å²) in [4.78, 5) is 22.3. The Hall–Kier alpha value is -2.76. The summed E-state index contributed by atoms with van der Waals surface area (Å²) in [5.41, 5.74) is 3.66. The van der Waals surface area contributed by atoms with E-state index in [1.165, 1.54) is 12.8 Å². The molecule has 5 nitrogen and oxygen atoms in total. The summed E-state index contributed by atoms with van der Waals surface area (Å²) in [6.07, 6.45) is 2.45. The topological polar surface area (TPSA) is 56.7 Å². The maximum absolute atomic E-state index is 12.4. The Morgan fingerprint density at radius 2 is 1.56 bits per heavy atom. The van der Waals surface area contributed by atoms with Gasteiger partial charge in [0.25, 0.3) is 0 Å². The molecule has 1 aromatic heterocycles. The highest BCUT2D eigenvalue weighted by atomic mass is 16.4. The molecule has 32 heavy (non-hydrogen) atoms. The predicted octanol–water partition coefficient (Wildman–Crippen LogP) is 5.15. The second kappa shape index (κ2) is 10.2. The Balaban J connectivity index is 1.66. The Morgan fingerprint density at radius 3 is 2.22 bits per heavy atom. The lowest BCUT2D eigenvalue weighted by atomic mass is 9.96. The quantitative estimate of drug-likeness (QED) is 0.534. The molecule has 1 N–H and O–H groups in total. The minimum atomic E-state index is -0.886. The number of aromatic nitrogens is 1. The predicted molar refractivity (Wildman–Crippen MR) is 130 cm³/mol. The van der Waals surface area contributed by atoms with E-state index in [9.17, 15) is 9.90 Å². The van der Waals surface area contributed by atoms with E-state index in [1.807, 2.05) is 54.6 Å². The van der Waals surface area contributed by atoms with Crippen molar-refractivity contribution in [3.63, 3.8) is 0 Å². The first kappa shape index (κ1) is 22.4. The van der Waals surface area contributed by atoms with Crippen LogP contribution in [0.1, 0.15) is 42.6 Å². The number of hydrogen-bond donors (Lipinski definition) is 1. The zero-order chi connectivity index (χ0) is 22.5. The van der Waals surface area contributed by atoms with Crippen molar-refractivity contribution in [3.05, 3.63) is 65.7 Å². The minimum absolute atomic E-state index is 0.383. The molecule has 0 spiro atoms. The van der Waals surface area contributed by atoms with Crippen LogP contribution in [0.25, 0.3) is 22.2 Å². The number of rotatable bonds is 8.